The van der Waals surface area contributed by atoms with Crippen LogP contribution in [0.4, 0.5) is 0 Å². The van der Waals surface area contributed by atoms with Crippen molar-refractivity contribution in [3.63, 3.8) is 0 Å². The summed E-state index contributed by atoms with van der Waals surface area (Å²) in [4.78, 5) is 11.3. The van der Waals surface area contributed by atoms with Crippen LogP contribution in [0.25, 0.3) is 0 Å². The van der Waals surface area contributed by atoms with Gasteiger partial charge in [-0.25, -0.2) is 0 Å². The zero-order valence-corrected chi connectivity index (χ0v) is 9.29. The maximum absolute atomic E-state index is 11.3. The first-order chi connectivity index (χ1) is 7.76. The molecule has 2 N–H and O–H groups in total. The van der Waals surface area contributed by atoms with Crippen LogP contribution in [-0.2, 0) is 11.3 Å². The molecule has 0 spiro atoms. The molecule has 0 aliphatic heterocycles. The average molecular weight is 217 g/mol. The second-order valence-corrected chi connectivity index (χ2v) is 3.37. The molecule has 0 aromatic heterocycles. The molecule has 0 fully saturated rings. The second-order valence-electron chi connectivity index (χ2n) is 3.37. The number of rotatable bonds is 5. The number of hydrogen-bond acceptors (Lipinski definition) is 3. The summed E-state index contributed by atoms with van der Waals surface area (Å²) >= 11 is 0. The number of carbonyl (C=O) groups is 1. The molecule has 0 bridgehead atoms. The molecule has 84 valence electrons. The third-order valence-electron chi connectivity index (χ3n) is 2.08. The first kappa shape index (κ1) is 12.2. The van der Waals surface area contributed by atoms with Gasteiger partial charge in [-0.15, -0.1) is 0 Å². The fraction of sp³-hybridized carbons (Fsp3) is 0.333. The normalized spacial score (nSPS) is 9.50. The minimum Gasteiger partial charge on any atom is -0.351 e. The van der Waals surface area contributed by atoms with Crippen molar-refractivity contribution in [3.05, 3.63) is 35.4 Å². The van der Waals surface area contributed by atoms with Crippen LogP contribution in [0.5, 0.6) is 0 Å². The molecule has 0 radical (unpaired) electrons. The third-order valence-corrected chi connectivity index (χ3v) is 2.08. The topological polar surface area (TPSA) is 64.9 Å². The van der Waals surface area contributed by atoms with Crippen molar-refractivity contribution in [2.75, 3.05) is 13.1 Å². The number of carbonyl (C=O) groups excluding carboxylic acids is 1. The lowest BCUT2D eigenvalue weighted by molar-refractivity contribution is -0.120. The van der Waals surface area contributed by atoms with Gasteiger partial charge in [0.25, 0.3) is 0 Å². The van der Waals surface area contributed by atoms with Crippen molar-refractivity contribution in [1.29, 1.82) is 5.26 Å². The first-order valence-electron chi connectivity index (χ1n) is 5.22. The van der Waals surface area contributed by atoms with E-state index >= 15 is 0 Å². The Kier molecular flexibility index (Phi) is 5.03. The average Bonchev–Trinajstić information content (AvgIpc) is 2.34. The molecule has 16 heavy (non-hydrogen) atoms. The number of nitrogens with zero attached hydrogens (tertiary/aromatic N) is 1. The van der Waals surface area contributed by atoms with Gasteiger partial charge in [0.05, 0.1) is 18.2 Å². The summed E-state index contributed by atoms with van der Waals surface area (Å²) in [6.07, 6.45) is 0. The first-order valence-corrected chi connectivity index (χ1v) is 5.22. The van der Waals surface area contributed by atoms with E-state index in [0.717, 1.165) is 12.1 Å². The van der Waals surface area contributed by atoms with Gasteiger partial charge in [0.1, 0.15) is 0 Å². The highest BCUT2D eigenvalue weighted by molar-refractivity contribution is 5.77. The fourth-order valence-electron chi connectivity index (χ4n) is 1.25. The van der Waals surface area contributed by atoms with Crippen LogP contribution in [0.15, 0.2) is 24.3 Å². The lowest BCUT2D eigenvalue weighted by Gasteiger charge is -2.05. The molecular weight excluding hydrogens is 202 g/mol. The molecule has 0 aliphatic rings. The van der Waals surface area contributed by atoms with E-state index < -0.39 is 0 Å². The summed E-state index contributed by atoms with van der Waals surface area (Å²) in [5, 5.41) is 14.4. The van der Waals surface area contributed by atoms with Crippen molar-refractivity contribution >= 4 is 5.91 Å². The number of nitrogens with one attached hydrogen (secondary N) is 2. The molecule has 4 heteroatoms. The molecule has 0 atom stereocenters. The number of benzene rings is 1. The summed E-state index contributed by atoms with van der Waals surface area (Å²) in [7, 11) is 0. The lowest BCUT2D eigenvalue weighted by atomic mass is 10.1. The van der Waals surface area contributed by atoms with Crippen molar-refractivity contribution < 1.29 is 4.79 Å². The predicted molar refractivity (Wildman–Crippen MR) is 61.5 cm³/mol. The molecular formula is C12H15N3O. The summed E-state index contributed by atoms with van der Waals surface area (Å²) in [6.45, 7) is 3.51. The van der Waals surface area contributed by atoms with E-state index in [-0.39, 0.29) is 5.91 Å². The number of hydrogen-bond donors (Lipinski definition) is 2. The molecule has 1 aromatic carbocycles. The van der Waals surface area contributed by atoms with Crippen molar-refractivity contribution in [3.8, 4) is 6.07 Å². The molecule has 0 unspecified atom stereocenters. The predicted octanol–water partition coefficient (Wildman–Crippen LogP) is 0.784. The Hall–Kier alpha value is -1.86. The van der Waals surface area contributed by atoms with Crippen molar-refractivity contribution in [1.82, 2.24) is 10.6 Å². The van der Waals surface area contributed by atoms with Crippen LogP contribution >= 0.6 is 0 Å². The maximum atomic E-state index is 11.3. The van der Waals surface area contributed by atoms with Gasteiger partial charge >= 0.3 is 0 Å². The van der Waals surface area contributed by atoms with Gasteiger partial charge < -0.3 is 10.6 Å². The Morgan fingerprint density at radius 2 is 2.31 bits per heavy atom. The van der Waals surface area contributed by atoms with Gasteiger partial charge in [-0.2, -0.15) is 5.26 Å². The van der Waals surface area contributed by atoms with Gasteiger partial charge in [-0.1, -0.05) is 19.1 Å². The lowest BCUT2D eigenvalue weighted by Crippen LogP contribution is -2.33. The van der Waals surface area contributed by atoms with Gasteiger partial charge in [0.2, 0.25) is 5.91 Å². The van der Waals surface area contributed by atoms with E-state index in [1.165, 1.54) is 0 Å². The van der Waals surface area contributed by atoms with E-state index in [2.05, 4.69) is 16.7 Å². The Bertz CT molecular complexity index is 395. The molecule has 1 rings (SSSR count). The molecule has 0 saturated carbocycles. The summed E-state index contributed by atoms with van der Waals surface area (Å²) in [5.74, 6) is -0.0378. The molecule has 1 aromatic rings. The van der Waals surface area contributed by atoms with Crippen LogP contribution in [0.1, 0.15) is 18.1 Å². The van der Waals surface area contributed by atoms with E-state index in [9.17, 15) is 4.79 Å². The van der Waals surface area contributed by atoms with E-state index in [1.54, 1.807) is 12.1 Å². The summed E-state index contributed by atoms with van der Waals surface area (Å²) in [6, 6.07) is 9.27. The van der Waals surface area contributed by atoms with Crippen LogP contribution in [-0.4, -0.2) is 19.0 Å². The largest absolute Gasteiger partial charge is 0.351 e. The maximum Gasteiger partial charge on any atom is 0.234 e. The van der Waals surface area contributed by atoms with E-state index in [4.69, 9.17) is 5.26 Å². The van der Waals surface area contributed by atoms with E-state index in [0.29, 0.717) is 18.7 Å². The standard InChI is InChI=1S/C12H15N3O/c1-2-14-9-12(16)15-8-11-5-3-4-10(6-11)7-13/h3-6,14H,2,8-9H2,1H3,(H,15,16). The Balaban J connectivity index is 2.42. The minimum atomic E-state index is -0.0378. The third kappa shape index (κ3) is 4.11. The van der Waals surface area contributed by atoms with Gasteiger partial charge in [-0.05, 0) is 24.2 Å². The van der Waals surface area contributed by atoms with E-state index in [1.807, 2.05) is 19.1 Å². The van der Waals surface area contributed by atoms with Gasteiger partial charge in [-0.3, -0.25) is 4.79 Å². The zero-order chi connectivity index (χ0) is 11.8. The summed E-state index contributed by atoms with van der Waals surface area (Å²) < 4.78 is 0. The molecule has 1 amide bonds. The minimum absolute atomic E-state index is 0.0378. The van der Waals surface area contributed by atoms with Crippen LogP contribution in [0.2, 0.25) is 0 Å². The molecule has 0 heterocycles. The van der Waals surface area contributed by atoms with Crippen LogP contribution in [0, 0.1) is 11.3 Å². The van der Waals surface area contributed by atoms with Gasteiger partial charge in [0.15, 0.2) is 0 Å². The van der Waals surface area contributed by atoms with Gasteiger partial charge in [0, 0.05) is 6.54 Å². The number of likely N-dealkylation sites (N-methyl/N-ethyl adjacent to an activating group) is 1. The van der Waals surface area contributed by atoms with Crippen LogP contribution in [0.3, 0.4) is 0 Å². The van der Waals surface area contributed by atoms with Crippen LogP contribution < -0.4 is 10.6 Å². The SMILES string of the molecule is CCNCC(=O)NCc1cccc(C#N)c1. The Labute approximate surface area is 95.3 Å². The smallest absolute Gasteiger partial charge is 0.234 e. The fourth-order valence-corrected chi connectivity index (χ4v) is 1.25. The second kappa shape index (κ2) is 6.59. The molecule has 0 saturated heterocycles. The monoisotopic (exact) mass is 217 g/mol. The highest BCUT2D eigenvalue weighted by atomic mass is 16.1. The van der Waals surface area contributed by atoms with Crippen molar-refractivity contribution in [2.24, 2.45) is 0 Å². The highest BCUT2D eigenvalue weighted by Crippen LogP contribution is 2.03. The quantitative estimate of drug-likeness (QED) is 0.766. The highest BCUT2D eigenvalue weighted by Gasteiger charge is 2.00. The Morgan fingerprint density at radius 1 is 1.50 bits per heavy atom. The van der Waals surface area contributed by atoms with Crippen molar-refractivity contribution in [2.45, 2.75) is 13.5 Å². The number of nitriles is 1. The molecule has 0 aliphatic carbocycles. The zero-order valence-electron chi connectivity index (χ0n) is 9.29. The summed E-state index contributed by atoms with van der Waals surface area (Å²) in [5.41, 5.74) is 1.54. The number of amides is 1. The Morgan fingerprint density at radius 3 is 3.00 bits per heavy atom. The molecule has 4 nitrogen and oxygen atoms in total.